The fourth-order valence-electron chi connectivity index (χ4n) is 2.33. The molecule has 1 aromatic heterocycles. The average Bonchev–Trinajstić information content (AvgIpc) is 3.23. The van der Waals surface area contributed by atoms with Crippen LogP contribution in [0.1, 0.15) is 23.8 Å². The maximum Gasteiger partial charge on any atom is 0.305 e. The Balaban J connectivity index is 1.77. The molecule has 0 unspecified atom stereocenters. The van der Waals surface area contributed by atoms with Gasteiger partial charge in [-0.05, 0) is 25.1 Å². The van der Waals surface area contributed by atoms with Crippen molar-refractivity contribution in [2.45, 2.75) is 13.3 Å². The van der Waals surface area contributed by atoms with Crippen molar-refractivity contribution in [1.82, 2.24) is 9.88 Å². The summed E-state index contributed by atoms with van der Waals surface area (Å²) in [6.07, 6.45) is -0.0846. The summed E-state index contributed by atoms with van der Waals surface area (Å²) in [7, 11) is 0. The Kier molecular flexibility index (Phi) is 4.66. The quantitative estimate of drug-likeness (QED) is 0.863. The van der Waals surface area contributed by atoms with E-state index in [1.54, 1.807) is 5.38 Å². The zero-order valence-corrected chi connectivity index (χ0v) is 13.8. The van der Waals surface area contributed by atoms with Gasteiger partial charge >= 0.3 is 5.97 Å². The van der Waals surface area contributed by atoms with E-state index in [0.717, 1.165) is 5.56 Å². The predicted molar refractivity (Wildman–Crippen MR) is 87.5 cm³/mol. The van der Waals surface area contributed by atoms with Gasteiger partial charge in [0.05, 0.1) is 6.42 Å². The molecule has 0 bridgehead atoms. The van der Waals surface area contributed by atoms with Crippen LogP contribution in [0, 0.1) is 0 Å². The Labute approximate surface area is 142 Å². The minimum Gasteiger partial charge on any atom is -0.481 e. The largest absolute Gasteiger partial charge is 0.481 e. The number of carbonyl (C=O) groups excluding carboxylic acids is 1. The zero-order valence-electron chi connectivity index (χ0n) is 13.0. The molecule has 3 rings (SSSR count). The Hall–Kier alpha value is -2.61. The van der Waals surface area contributed by atoms with Crippen molar-refractivity contribution in [3.8, 4) is 22.1 Å². The first-order chi connectivity index (χ1) is 11.6. The summed E-state index contributed by atoms with van der Waals surface area (Å²) in [6.45, 7) is 2.62. The molecule has 2 heterocycles. The number of thiazole rings is 1. The highest BCUT2D eigenvalue weighted by atomic mass is 32.1. The number of benzene rings is 1. The van der Waals surface area contributed by atoms with Crippen LogP contribution in [-0.4, -0.2) is 46.7 Å². The normalized spacial score (nSPS) is 12.2. The zero-order chi connectivity index (χ0) is 17.1. The highest BCUT2D eigenvalue weighted by Gasteiger charge is 2.20. The van der Waals surface area contributed by atoms with Crippen LogP contribution < -0.4 is 9.47 Å². The summed E-state index contributed by atoms with van der Waals surface area (Å²) in [4.78, 5) is 29.0. The van der Waals surface area contributed by atoms with E-state index in [9.17, 15) is 9.59 Å². The summed E-state index contributed by atoms with van der Waals surface area (Å²) in [5.41, 5.74) is 1.16. The third kappa shape index (κ3) is 3.33. The molecule has 2 aromatic rings. The summed E-state index contributed by atoms with van der Waals surface area (Å²) >= 11 is 1.36. The molecule has 1 N–H and O–H groups in total. The van der Waals surface area contributed by atoms with Crippen LogP contribution in [0.2, 0.25) is 0 Å². The molecule has 0 radical (unpaired) electrons. The smallest absolute Gasteiger partial charge is 0.305 e. The molecule has 0 atom stereocenters. The van der Waals surface area contributed by atoms with Gasteiger partial charge < -0.3 is 19.5 Å². The molecule has 0 saturated heterocycles. The van der Waals surface area contributed by atoms with E-state index >= 15 is 0 Å². The van der Waals surface area contributed by atoms with Crippen molar-refractivity contribution in [3.63, 3.8) is 0 Å². The molecule has 24 heavy (non-hydrogen) atoms. The topological polar surface area (TPSA) is 89.0 Å². The lowest BCUT2D eigenvalue weighted by atomic mass is 10.2. The van der Waals surface area contributed by atoms with Gasteiger partial charge in [0, 0.05) is 24.0 Å². The number of aromatic nitrogens is 1. The van der Waals surface area contributed by atoms with Crippen LogP contribution in [0.15, 0.2) is 23.6 Å². The van der Waals surface area contributed by atoms with Gasteiger partial charge in [-0.25, -0.2) is 4.98 Å². The van der Waals surface area contributed by atoms with Gasteiger partial charge in [0.1, 0.15) is 10.7 Å². The fourth-order valence-corrected chi connectivity index (χ4v) is 3.12. The Morgan fingerprint density at radius 1 is 1.33 bits per heavy atom. The number of carboxylic acid groups (broad SMARTS) is 1. The lowest BCUT2D eigenvalue weighted by Crippen LogP contribution is -2.33. The van der Waals surface area contributed by atoms with Crippen molar-refractivity contribution >= 4 is 23.2 Å². The molecular weight excluding hydrogens is 332 g/mol. The summed E-state index contributed by atoms with van der Waals surface area (Å²) in [5.74, 6) is 0.159. The number of carbonyl (C=O) groups is 2. The molecule has 126 valence electrons. The second-order valence-electron chi connectivity index (χ2n) is 5.13. The van der Waals surface area contributed by atoms with Crippen LogP contribution in [-0.2, 0) is 4.79 Å². The highest BCUT2D eigenvalue weighted by molar-refractivity contribution is 7.13. The molecule has 0 spiro atoms. The van der Waals surface area contributed by atoms with Crippen LogP contribution in [0.25, 0.3) is 10.6 Å². The van der Waals surface area contributed by atoms with Crippen LogP contribution in [0.5, 0.6) is 11.5 Å². The number of aliphatic carboxylic acids is 1. The fraction of sp³-hybridized carbons (Fsp3) is 0.312. The SMILES string of the molecule is CCN(CCC(=O)O)C(=O)c1csc(-c2ccc3c(c2)OCO3)n1. The molecule has 1 aliphatic heterocycles. The van der Waals surface area contributed by atoms with Gasteiger partial charge in [0.15, 0.2) is 11.5 Å². The van der Waals surface area contributed by atoms with E-state index in [-0.39, 0.29) is 25.7 Å². The number of amides is 1. The molecule has 1 amide bonds. The van der Waals surface area contributed by atoms with Crippen molar-refractivity contribution in [2.75, 3.05) is 19.9 Å². The minimum absolute atomic E-state index is 0.0846. The van der Waals surface area contributed by atoms with E-state index in [1.165, 1.54) is 16.2 Å². The molecule has 8 heteroatoms. The van der Waals surface area contributed by atoms with Gasteiger partial charge in [0.25, 0.3) is 5.91 Å². The second kappa shape index (κ2) is 6.88. The Morgan fingerprint density at radius 3 is 2.88 bits per heavy atom. The number of hydrogen-bond donors (Lipinski definition) is 1. The maximum absolute atomic E-state index is 12.5. The highest BCUT2D eigenvalue weighted by Crippen LogP contribution is 2.36. The van der Waals surface area contributed by atoms with Crippen LogP contribution in [0.4, 0.5) is 0 Å². The number of carboxylic acids is 1. The van der Waals surface area contributed by atoms with E-state index in [2.05, 4.69) is 4.98 Å². The predicted octanol–water partition coefficient (Wildman–Crippen LogP) is 2.48. The van der Waals surface area contributed by atoms with Crippen molar-refractivity contribution < 1.29 is 24.2 Å². The van der Waals surface area contributed by atoms with E-state index in [4.69, 9.17) is 14.6 Å². The molecule has 0 fully saturated rings. The maximum atomic E-state index is 12.5. The number of nitrogens with zero attached hydrogens (tertiary/aromatic N) is 2. The number of hydrogen-bond acceptors (Lipinski definition) is 6. The lowest BCUT2D eigenvalue weighted by Gasteiger charge is -2.18. The summed E-state index contributed by atoms with van der Waals surface area (Å²) < 4.78 is 10.6. The average molecular weight is 348 g/mol. The molecule has 7 nitrogen and oxygen atoms in total. The standard InChI is InChI=1S/C16H16N2O5S/c1-2-18(6-5-14(19)20)16(21)11-8-24-15(17-11)10-3-4-12-13(7-10)23-9-22-12/h3-4,7-8H,2,5-6,9H2,1H3,(H,19,20). The van der Waals surface area contributed by atoms with Gasteiger partial charge in [-0.1, -0.05) is 0 Å². The molecule has 0 aliphatic carbocycles. The third-order valence-corrected chi connectivity index (χ3v) is 4.50. The number of fused-ring (bicyclic) bond motifs is 1. The Morgan fingerprint density at radius 2 is 2.12 bits per heavy atom. The van der Waals surface area contributed by atoms with Gasteiger partial charge in [-0.15, -0.1) is 11.3 Å². The molecule has 0 saturated carbocycles. The first kappa shape index (κ1) is 16.3. The number of ether oxygens (including phenoxy) is 2. The summed E-state index contributed by atoms with van der Waals surface area (Å²) in [6, 6.07) is 5.51. The Bertz CT molecular complexity index is 774. The van der Waals surface area contributed by atoms with Gasteiger partial charge in [-0.3, -0.25) is 9.59 Å². The van der Waals surface area contributed by atoms with Crippen molar-refractivity contribution in [2.24, 2.45) is 0 Å². The van der Waals surface area contributed by atoms with E-state index in [1.807, 2.05) is 25.1 Å². The lowest BCUT2D eigenvalue weighted by molar-refractivity contribution is -0.137. The van der Waals surface area contributed by atoms with Gasteiger partial charge in [-0.2, -0.15) is 0 Å². The third-order valence-electron chi connectivity index (χ3n) is 3.61. The number of rotatable bonds is 6. The molecular formula is C16H16N2O5S. The van der Waals surface area contributed by atoms with E-state index < -0.39 is 5.97 Å². The van der Waals surface area contributed by atoms with Crippen molar-refractivity contribution in [3.05, 3.63) is 29.3 Å². The molecule has 1 aromatic carbocycles. The van der Waals surface area contributed by atoms with Gasteiger partial charge in [0.2, 0.25) is 6.79 Å². The van der Waals surface area contributed by atoms with Crippen LogP contribution >= 0.6 is 11.3 Å². The molecule has 1 aliphatic rings. The summed E-state index contributed by atoms with van der Waals surface area (Å²) in [5, 5.41) is 11.2. The van der Waals surface area contributed by atoms with E-state index in [0.29, 0.717) is 28.7 Å². The van der Waals surface area contributed by atoms with Crippen molar-refractivity contribution in [1.29, 1.82) is 0 Å². The first-order valence-corrected chi connectivity index (χ1v) is 8.33. The van der Waals surface area contributed by atoms with Crippen LogP contribution in [0.3, 0.4) is 0 Å². The monoisotopic (exact) mass is 348 g/mol. The first-order valence-electron chi connectivity index (χ1n) is 7.45. The second-order valence-corrected chi connectivity index (χ2v) is 5.99. The minimum atomic E-state index is -0.930.